The van der Waals surface area contributed by atoms with Gasteiger partial charge in [0.2, 0.25) is 17.6 Å². The van der Waals surface area contributed by atoms with Gasteiger partial charge in [-0.25, -0.2) is 0 Å². The van der Waals surface area contributed by atoms with Crippen molar-refractivity contribution in [3.8, 4) is 11.4 Å². The summed E-state index contributed by atoms with van der Waals surface area (Å²) in [6.07, 6.45) is 3.20. The third kappa shape index (κ3) is 4.48. The number of benzene rings is 1. The number of ether oxygens (including phenoxy) is 1. The molecule has 1 aromatic carbocycles. The summed E-state index contributed by atoms with van der Waals surface area (Å²) in [6, 6.07) is 6.75. The van der Waals surface area contributed by atoms with Gasteiger partial charge >= 0.3 is 0 Å². The molecule has 0 fully saturated rings. The van der Waals surface area contributed by atoms with Gasteiger partial charge in [0.25, 0.3) is 0 Å². The van der Waals surface area contributed by atoms with E-state index in [0.717, 1.165) is 0 Å². The van der Waals surface area contributed by atoms with E-state index in [1.54, 1.807) is 36.7 Å². The standard InChI is InChI=1S/C15H16N8O3/c1-26-9-14(25)18-12-4-2-11(3-5-12)17-13(24)8-23-7-10(6-16-23)15-19-21-22-20-15/h2-7H,8-9H2,1H3,(H,17,24)(H,18,25)(H,19,20,21,22). The number of carbonyl (C=O) groups is 2. The van der Waals surface area contributed by atoms with Crippen molar-refractivity contribution in [2.75, 3.05) is 24.4 Å². The number of amides is 2. The van der Waals surface area contributed by atoms with Crippen LogP contribution in [0.15, 0.2) is 36.7 Å². The Morgan fingerprint density at radius 3 is 2.46 bits per heavy atom. The van der Waals surface area contributed by atoms with Crippen molar-refractivity contribution in [2.45, 2.75) is 6.54 Å². The Bertz CT molecular complexity index is 873. The monoisotopic (exact) mass is 356 g/mol. The van der Waals surface area contributed by atoms with Crippen molar-refractivity contribution in [3.63, 3.8) is 0 Å². The van der Waals surface area contributed by atoms with Gasteiger partial charge in [0.1, 0.15) is 13.2 Å². The fourth-order valence-corrected chi connectivity index (χ4v) is 2.16. The number of methoxy groups -OCH3 is 1. The average molecular weight is 356 g/mol. The van der Waals surface area contributed by atoms with Crippen LogP contribution in [0.25, 0.3) is 11.4 Å². The Labute approximate surface area is 147 Å². The van der Waals surface area contributed by atoms with E-state index in [1.165, 1.54) is 11.8 Å². The highest BCUT2D eigenvalue weighted by atomic mass is 16.5. The lowest BCUT2D eigenvalue weighted by Gasteiger charge is -2.08. The molecule has 0 saturated carbocycles. The summed E-state index contributed by atoms with van der Waals surface area (Å²) in [5.41, 5.74) is 1.87. The summed E-state index contributed by atoms with van der Waals surface area (Å²) >= 11 is 0. The molecule has 0 aliphatic carbocycles. The van der Waals surface area contributed by atoms with Crippen molar-refractivity contribution in [1.82, 2.24) is 30.4 Å². The molecule has 2 aromatic heterocycles. The molecular formula is C15H16N8O3. The minimum absolute atomic E-state index is 0.0196. The van der Waals surface area contributed by atoms with E-state index in [0.29, 0.717) is 22.8 Å². The molecular weight excluding hydrogens is 340 g/mol. The van der Waals surface area contributed by atoms with Gasteiger partial charge in [-0.15, -0.1) is 10.2 Å². The zero-order chi connectivity index (χ0) is 18.4. The lowest BCUT2D eigenvalue weighted by atomic mass is 10.2. The number of hydrogen-bond donors (Lipinski definition) is 3. The number of carbonyl (C=O) groups excluding carboxylic acids is 2. The van der Waals surface area contributed by atoms with Gasteiger partial charge < -0.3 is 15.4 Å². The number of aromatic nitrogens is 6. The minimum atomic E-state index is -0.250. The fraction of sp³-hybridized carbons (Fsp3) is 0.200. The van der Waals surface area contributed by atoms with Crippen molar-refractivity contribution in [1.29, 1.82) is 0 Å². The molecule has 0 aliphatic rings. The molecule has 3 aromatic rings. The van der Waals surface area contributed by atoms with Crippen molar-refractivity contribution < 1.29 is 14.3 Å². The first kappa shape index (κ1) is 17.2. The molecule has 3 N–H and O–H groups in total. The highest BCUT2D eigenvalue weighted by Gasteiger charge is 2.09. The Hall–Kier alpha value is -3.60. The van der Waals surface area contributed by atoms with E-state index < -0.39 is 0 Å². The molecule has 2 amide bonds. The molecule has 134 valence electrons. The molecule has 0 aliphatic heterocycles. The number of tetrazole rings is 1. The van der Waals surface area contributed by atoms with Crippen molar-refractivity contribution in [2.24, 2.45) is 0 Å². The molecule has 0 radical (unpaired) electrons. The van der Waals surface area contributed by atoms with Crippen molar-refractivity contribution in [3.05, 3.63) is 36.7 Å². The van der Waals surface area contributed by atoms with Gasteiger partial charge in [-0.3, -0.25) is 14.3 Å². The molecule has 11 heteroatoms. The van der Waals surface area contributed by atoms with E-state index in [2.05, 4.69) is 36.4 Å². The van der Waals surface area contributed by atoms with Crippen LogP contribution in [0.1, 0.15) is 0 Å². The van der Waals surface area contributed by atoms with Crippen LogP contribution in [0.4, 0.5) is 11.4 Å². The molecule has 11 nitrogen and oxygen atoms in total. The Balaban J connectivity index is 1.54. The highest BCUT2D eigenvalue weighted by molar-refractivity contribution is 5.93. The number of nitrogens with one attached hydrogen (secondary N) is 3. The second-order valence-electron chi connectivity index (χ2n) is 5.27. The largest absolute Gasteiger partial charge is 0.375 e. The predicted molar refractivity (Wildman–Crippen MR) is 91.0 cm³/mol. The third-order valence-corrected chi connectivity index (χ3v) is 3.27. The third-order valence-electron chi connectivity index (χ3n) is 3.27. The number of H-pyrrole nitrogens is 1. The van der Waals surface area contributed by atoms with Gasteiger partial charge in [0, 0.05) is 24.7 Å². The van der Waals surface area contributed by atoms with E-state index >= 15 is 0 Å². The summed E-state index contributed by atoms with van der Waals surface area (Å²) < 4.78 is 6.22. The van der Waals surface area contributed by atoms with Crippen LogP contribution in [-0.2, 0) is 20.9 Å². The summed E-state index contributed by atoms with van der Waals surface area (Å²) in [5.74, 6) is -0.0907. The number of hydrogen-bond acceptors (Lipinski definition) is 7. The van der Waals surface area contributed by atoms with Crippen LogP contribution in [0.3, 0.4) is 0 Å². The van der Waals surface area contributed by atoms with Crippen LogP contribution in [0.5, 0.6) is 0 Å². The van der Waals surface area contributed by atoms with Gasteiger partial charge in [-0.2, -0.15) is 10.3 Å². The van der Waals surface area contributed by atoms with Crippen LogP contribution in [0, 0.1) is 0 Å². The molecule has 0 unspecified atom stereocenters. The summed E-state index contributed by atoms with van der Waals surface area (Å²) in [4.78, 5) is 23.6. The predicted octanol–water partition coefficient (Wildman–Crippen LogP) is 0.287. The number of nitrogens with zero attached hydrogens (tertiary/aromatic N) is 5. The smallest absolute Gasteiger partial charge is 0.250 e. The van der Waals surface area contributed by atoms with Gasteiger partial charge in [0.05, 0.1) is 11.8 Å². The molecule has 0 spiro atoms. The number of aromatic amines is 1. The number of anilines is 2. The topological polar surface area (TPSA) is 140 Å². The van der Waals surface area contributed by atoms with Gasteiger partial charge in [-0.05, 0) is 29.5 Å². The summed E-state index contributed by atoms with van der Waals surface area (Å²) in [5, 5.41) is 23.0. The molecule has 0 atom stereocenters. The van der Waals surface area contributed by atoms with E-state index in [4.69, 9.17) is 4.74 Å². The molecule has 0 saturated heterocycles. The van der Waals surface area contributed by atoms with Crippen LogP contribution < -0.4 is 10.6 Å². The Morgan fingerprint density at radius 2 is 1.85 bits per heavy atom. The second kappa shape index (κ2) is 7.98. The lowest BCUT2D eigenvalue weighted by molar-refractivity contribution is -0.119. The van der Waals surface area contributed by atoms with E-state index in [1.807, 2.05) is 0 Å². The Morgan fingerprint density at radius 1 is 1.15 bits per heavy atom. The first-order chi connectivity index (χ1) is 12.6. The highest BCUT2D eigenvalue weighted by Crippen LogP contribution is 2.14. The summed E-state index contributed by atoms with van der Waals surface area (Å²) in [6.45, 7) is 0.0123. The van der Waals surface area contributed by atoms with Gasteiger partial charge in [-0.1, -0.05) is 0 Å². The van der Waals surface area contributed by atoms with Crippen LogP contribution in [0.2, 0.25) is 0 Å². The maximum absolute atomic E-state index is 12.1. The Kier molecular flexibility index (Phi) is 5.29. The second-order valence-corrected chi connectivity index (χ2v) is 5.27. The molecule has 3 rings (SSSR count). The lowest BCUT2D eigenvalue weighted by Crippen LogP contribution is -2.19. The minimum Gasteiger partial charge on any atom is -0.375 e. The quantitative estimate of drug-likeness (QED) is 0.552. The van der Waals surface area contributed by atoms with E-state index in [-0.39, 0.29) is 25.0 Å². The molecule has 0 bridgehead atoms. The zero-order valence-electron chi connectivity index (χ0n) is 13.8. The van der Waals surface area contributed by atoms with E-state index in [9.17, 15) is 9.59 Å². The van der Waals surface area contributed by atoms with Crippen LogP contribution >= 0.6 is 0 Å². The molecule has 26 heavy (non-hydrogen) atoms. The van der Waals surface area contributed by atoms with Gasteiger partial charge in [0.15, 0.2) is 0 Å². The maximum atomic E-state index is 12.1. The number of rotatable bonds is 7. The first-order valence-electron chi connectivity index (χ1n) is 7.59. The first-order valence-corrected chi connectivity index (χ1v) is 7.59. The zero-order valence-corrected chi connectivity index (χ0v) is 13.8. The molecule has 2 heterocycles. The van der Waals surface area contributed by atoms with Crippen LogP contribution in [-0.4, -0.2) is 55.9 Å². The summed E-state index contributed by atoms with van der Waals surface area (Å²) in [7, 11) is 1.45. The maximum Gasteiger partial charge on any atom is 0.250 e. The normalized spacial score (nSPS) is 10.5. The van der Waals surface area contributed by atoms with Crippen molar-refractivity contribution >= 4 is 23.2 Å². The average Bonchev–Trinajstić information content (AvgIpc) is 3.28. The SMILES string of the molecule is COCC(=O)Nc1ccc(NC(=O)Cn2cc(-c3nn[nH]n3)cn2)cc1. The fourth-order valence-electron chi connectivity index (χ4n) is 2.16.